The van der Waals surface area contributed by atoms with Crippen LogP contribution in [0.4, 0.5) is 0 Å². The first-order valence-electron chi connectivity index (χ1n) is 10.2. The fourth-order valence-electron chi connectivity index (χ4n) is 3.72. The molecule has 0 saturated carbocycles. The Morgan fingerprint density at radius 3 is 2.60 bits per heavy atom. The molecule has 1 aromatic heterocycles. The van der Waals surface area contributed by atoms with Gasteiger partial charge in [0.15, 0.2) is 0 Å². The summed E-state index contributed by atoms with van der Waals surface area (Å²) >= 11 is 6.10. The summed E-state index contributed by atoms with van der Waals surface area (Å²) in [4.78, 5) is 29.3. The third kappa shape index (κ3) is 4.95. The number of nitrogens with zero attached hydrogens (tertiary/aromatic N) is 4. The number of halogens is 1. The smallest absolute Gasteiger partial charge is 0.257 e. The predicted molar refractivity (Wildman–Crippen MR) is 116 cm³/mol. The van der Waals surface area contributed by atoms with Gasteiger partial charge in [-0.25, -0.2) is 0 Å². The van der Waals surface area contributed by atoms with Crippen LogP contribution in [0.15, 0.2) is 18.2 Å². The molecular formula is C22H29ClN4O3. The zero-order valence-corrected chi connectivity index (χ0v) is 18.8. The summed E-state index contributed by atoms with van der Waals surface area (Å²) in [5, 5.41) is 4.90. The predicted octanol–water partition coefficient (Wildman–Crippen LogP) is 3.01. The van der Waals surface area contributed by atoms with Crippen LogP contribution in [0.2, 0.25) is 5.02 Å². The van der Waals surface area contributed by atoms with Crippen LogP contribution in [-0.2, 0) is 18.3 Å². The molecule has 162 valence electrons. The Hall–Kier alpha value is -2.54. The van der Waals surface area contributed by atoms with Gasteiger partial charge in [-0.05, 0) is 44.9 Å². The van der Waals surface area contributed by atoms with Crippen LogP contribution in [0.25, 0.3) is 0 Å². The zero-order chi connectivity index (χ0) is 21.8. The molecule has 0 fully saturated rings. The molecule has 0 spiro atoms. The highest BCUT2D eigenvalue weighted by atomic mass is 35.5. The molecule has 2 aromatic rings. The molecule has 1 aliphatic rings. The summed E-state index contributed by atoms with van der Waals surface area (Å²) in [6.45, 7) is 5.93. The summed E-state index contributed by atoms with van der Waals surface area (Å²) < 4.78 is 7.71. The molecular weight excluding hydrogens is 404 g/mol. The maximum absolute atomic E-state index is 13.1. The van der Waals surface area contributed by atoms with Gasteiger partial charge in [-0.15, -0.1) is 0 Å². The van der Waals surface area contributed by atoms with Crippen molar-refractivity contribution in [2.75, 3.05) is 33.3 Å². The topological polar surface area (TPSA) is 67.7 Å². The van der Waals surface area contributed by atoms with Crippen molar-refractivity contribution < 1.29 is 14.3 Å². The number of hydrogen-bond acceptors (Lipinski definition) is 4. The molecule has 0 bridgehead atoms. The number of aromatic nitrogens is 2. The van der Waals surface area contributed by atoms with E-state index in [-0.39, 0.29) is 11.8 Å². The van der Waals surface area contributed by atoms with Gasteiger partial charge >= 0.3 is 0 Å². The Labute approximate surface area is 182 Å². The Morgan fingerprint density at radius 1 is 1.17 bits per heavy atom. The van der Waals surface area contributed by atoms with Crippen LogP contribution in [0, 0.1) is 13.8 Å². The van der Waals surface area contributed by atoms with E-state index in [1.54, 1.807) is 30.1 Å². The third-order valence-corrected chi connectivity index (χ3v) is 5.88. The highest BCUT2D eigenvalue weighted by Gasteiger charge is 2.22. The van der Waals surface area contributed by atoms with Gasteiger partial charge in [0.05, 0.1) is 24.2 Å². The number of fused-ring (bicyclic) bond motifs is 1. The lowest BCUT2D eigenvalue weighted by atomic mass is 10.1. The van der Waals surface area contributed by atoms with Gasteiger partial charge in [0.2, 0.25) is 5.91 Å². The van der Waals surface area contributed by atoms with Crippen LogP contribution in [0.1, 0.15) is 40.2 Å². The second-order valence-corrected chi connectivity index (χ2v) is 8.19. The van der Waals surface area contributed by atoms with Crippen molar-refractivity contribution in [1.29, 1.82) is 0 Å². The molecule has 0 radical (unpaired) electrons. The molecule has 0 aliphatic carbocycles. The van der Waals surface area contributed by atoms with Crippen molar-refractivity contribution in [1.82, 2.24) is 19.6 Å². The summed E-state index contributed by atoms with van der Waals surface area (Å²) in [6, 6.07) is 5.05. The van der Waals surface area contributed by atoms with E-state index in [4.69, 9.17) is 16.3 Å². The summed E-state index contributed by atoms with van der Waals surface area (Å²) in [7, 11) is 3.66. The summed E-state index contributed by atoms with van der Waals surface area (Å²) in [5.74, 6) is 0.447. The standard InChI is InChI=1S/C22H29ClN4O3/c1-15-18(16(2)26(4)24-15)14-21(28)27-10-6-5-9-25(3)22(29)19-13-17(23)7-8-20(19)30-12-11-27/h7-8,13H,5-6,9-12,14H2,1-4H3. The molecule has 3 rings (SSSR count). The van der Waals surface area contributed by atoms with E-state index in [0.717, 1.165) is 29.8 Å². The minimum Gasteiger partial charge on any atom is -0.491 e. The molecule has 30 heavy (non-hydrogen) atoms. The van der Waals surface area contributed by atoms with Crippen molar-refractivity contribution >= 4 is 23.4 Å². The fraction of sp³-hybridized carbons (Fsp3) is 0.500. The van der Waals surface area contributed by atoms with E-state index in [2.05, 4.69) is 5.10 Å². The van der Waals surface area contributed by atoms with Gasteiger partial charge < -0.3 is 14.5 Å². The maximum Gasteiger partial charge on any atom is 0.257 e. The SMILES string of the molecule is Cc1nn(C)c(C)c1CC(=O)N1CCCCN(C)C(=O)c2cc(Cl)ccc2OCC1. The van der Waals surface area contributed by atoms with Crippen molar-refractivity contribution in [2.45, 2.75) is 33.1 Å². The van der Waals surface area contributed by atoms with Gasteiger partial charge in [-0.3, -0.25) is 14.3 Å². The maximum atomic E-state index is 13.1. The number of amides is 2. The first-order chi connectivity index (χ1) is 14.3. The third-order valence-electron chi connectivity index (χ3n) is 5.65. The van der Waals surface area contributed by atoms with Crippen molar-refractivity contribution in [3.63, 3.8) is 0 Å². The molecule has 0 unspecified atom stereocenters. The highest BCUT2D eigenvalue weighted by molar-refractivity contribution is 6.31. The van der Waals surface area contributed by atoms with E-state index < -0.39 is 0 Å². The highest BCUT2D eigenvalue weighted by Crippen LogP contribution is 2.25. The second kappa shape index (κ2) is 9.51. The monoisotopic (exact) mass is 432 g/mol. The van der Waals surface area contributed by atoms with Gasteiger partial charge in [-0.2, -0.15) is 5.10 Å². The van der Waals surface area contributed by atoms with E-state index in [1.165, 1.54) is 0 Å². The Morgan fingerprint density at radius 2 is 1.90 bits per heavy atom. The summed E-state index contributed by atoms with van der Waals surface area (Å²) in [5.41, 5.74) is 3.34. The fourth-order valence-corrected chi connectivity index (χ4v) is 3.89. The van der Waals surface area contributed by atoms with Crippen molar-refractivity contribution in [3.05, 3.63) is 45.7 Å². The summed E-state index contributed by atoms with van der Waals surface area (Å²) in [6.07, 6.45) is 1.96. The number of aryl methyl sites for hydroxylation is 2. The Bertz CT molecular complexity index is 941. The Balaban J connectivity index is 1.76. The Kier molecular flexibility index (Phi) is 7.02. The first-order valence-corrected chi connectivity index (χ1v) is 10.6. The second-order valence-electron chi connectivity index (χ2n) is 7.75. The molecule has 0 saturated heterocycles. The van der Waals surface area contributed by atoms with E-state index in [9.17, 15) is 9.59 Å². The number of carbonyl (C=O) groups is 2. The lowest BCUT2D eigenvalue weighted by Crippen LogP contribution is -2.38. The first kappa shape index (κ1) is 22.2. The lowest BCUT2D eigenvalue weighted by molar-refractivity contribution is -0.131. The number of ether oxygens (including phenoxy) is 1. The minimum absolute atomic E-state index is 0.0654. The zero-order valence-electron chi connectivity index (χ0n) is 18.1. The molecule has 0 N–H and O–H groups in total. The van der Waals surface area contributed by atoms with Crippen molar-refractivity contribution in [2.24, 2.45) is 7.05 Å². The number of carbonyl (C=O) groups excluding carboxylic acids is 2. The van der Waals surface area contributed by atoms with Crippen LogP contribution in [0.3, 0.4) is 0 Å². The number of rotatable bonds is 2. The molecule has 2 amide bonds. The van der Waals surface area contributed by atoms with E-state index >= 15 is 0 Å². The van der Waals surface area contributed by atoms with Gasteiger partial charge in [0, 0.05) is 43.5 Å². The van der Waals surface area contributed by atoms with Crippen LogP contribution < -0.4 is 4.74 Å². The molecule has 7 nitrogen and oxygen atoms in total. The van der Waals surface area contributed by atoms with E-state index in [1.807, 2.05) is 30.5 Å². The average molecular weight is 433 g/mol. The molecule has 0 atom stereocenters. The number of benzene rings is 1. The largest absolute Gasteiger partial charge is 0.491 e. The van der Waals surface area contributed by atoms with Gasteiger partial charge in [0.25, 0.3) is 5.91 Å². The molecule has 1 aromatic carbocycles. The normalized spacial score (nSPS) is 15.8. The molecule has 1 aliphatic heterocycles. The van der Waals surface area contributed by atoms with E-state index in [0.29, 0.717) is 49.0 Å². The number of hydrogen-bond donors (Lipinski definition) is 0. The van der Waals surface area contributed by atoms with Gasteiger partial charge in [-0.1, -0.05) is 11.6 Å². The molecule has 8 heteroatoms. The minimum atomic E-state index is -0.108. The van der Waals surface area contributed by atoms with Gasteiger partial charge in [0.1, 0.15) is 12.4 Å². The molecule has 2 heterocycles. The van der Waals surface area contributed by atoms with Crippen molar-refractivity contribution in [3.8, 4) is 5.75 Å². The lowest BCUT2D eigenvalue weighted by Gasteiger charge is -2.26. The average Bonchev–Trinajstić information content (AvgIpc) is 2.95. The van der Waals surface area contributed by atoms with Crippen LogP contribution in [0.5, 0.6) is 5.75 Å². The quantitative estimate of drug-likeness (QED) is 0.731. The van der Waals surface area contributed by atoms with Crippen LogP contribution >= 0.6 is 11.6 Å². The van der Waals surface area contributed by atoms with Crippen LogP contribution in [-0.4, -0.2) is 64.7 Å².